The molecule has 0 saturated carbocycles. The molecule has 2 heterocycles. The summed E-state index contributed by atoms with van der Waals surface area (Å²) in [7, 11) is 0. The Morgan fingerprint density at radius 1 is 1.40 bits per heavy atom. The minimum atomic E-state index is -0.523. The van der Waals surface area contributed by atoms with Crippen LogP contribution in [0, 0.1) is 6.92 Å². The number of piperidine rings is 1. The van der Waals surface area contributed by atoms with Gasteiger partial charge in [-0.3, -0.25) is 14.3 Å². The van der Waals surface area contributed by atoms with Gasteiger partial charge in [-0.2, -0.15) is 5.10 Å². The van der Waals surface area contributed by atoms with Crippen LogP contribution in [0.4, 0.5) is 0 Å². The standard InChI is InChI=1S/C18H22N4O3/c1-13-9-20-22(10-13)15-5-3-7-21(11-15)17(23)12-25-16-6-2-4-14(8-16)18(19)24/h2,4,6,8-10,15H,3,5,7,11-12H2,1H3,(H2,19,24)/t15-/m0/s1. The molecule has 0 unspecified atom stereocenters. The van der Waals surface area contributed by atoms with Gasteiger partial charge in [-0.1, -0.05) is 6.07 Å². The highest BCUT2D eigenvalue weighted by atomic mass is 16.5. The summed E-state index contributed by atoms with van der Waals surface area (Å²) in [5, 5.41) is 4.36. The van der Waals surface area contributed by atoms with Crippen LogP contribution in [0.15, 0.2) is 36.7 Å². The molecule has 1 aliphatic heterocycles. The summed E-state index contributed by atoms with van der Waals surface area (Å²) in [6.45, 7) is 3.29. The quantitative estimate of drug-likeness (QED) is 0.892. The molecule has 1 aromatic heterocycles. The smallest absolute Gasteiger partial charge is 0.260 e. The van der Waals surface area contributed by atoms with Gasteiger partial charge in [0.1, 0.15) is 5.75 Å². The number of ether oxygens (including phenoxy) is 1. The monoisotopic (exact) mass is 342 g/mol. The number of aromatic nitrogens is 2. The first-order valence-electron chi connectivity index (χ1n) is 8.34. The van der Waals surface area contributed by atoms with E-state index in [-0.39, 0.29) is 18.6 Å². The number of amides is 2. The zero-order valence-electron chi connectivity index (χ0n) is 14.2. The number of likely N-dealkylation sites (tertiary alicyclic amines) is 1. The van der Waals surface area contributed by atoms with Crippen molar-refractivity contribution in [1.29, 1.82) is 0 Å². The summed E-state index contributed by atoms with van der Waals surface area (Å²) >= 11 is 0. The van der Waals surface area contributed by atoms with Crippen molar-refractivity contribution >= 4 is 11.8 Å². The predicted octanol–water partition coefficient (Wildman–Crippen LogP) is 1.53. The van der Waals surface area contributed by atoms with E-state index in [0.29, 0.717) is 17.9 Å². The fourth-order valence-electron chi connectivity index (χ4n) is 3.01. The second kappa shape index (κ2) is 7.38. The highest BCUT2D eigenvalue weighted by Gasteiger charge is 2.25. The molecular formula is C18H22N4O3. The first-order chi connectivity index (χ1) is 12.0. The Hall–Kier alpha value is -2.83. The number of aryl methyl sites for hydroxylation is 1. The lowest BCUT2D eigenvalue weighted by Crippen LogP contribution is -2.43. The van der Waals surface area contributed by atoms with Crippen molar-refractivity contribution in [1.82, 2.24) is 14.7 Å². The van der Waals surface area contributed by atoms with E-state index in [2.05, 4.69) is 5.10 Å². The van der Waals surface area contributed by atoms with Crippen molar-refractivity contribution in [2.75, 3.05) is 19.7 Å². The molecule has 3 rings (SSSR count). The molecule has 0 radical (unpaired) electrons. The van der Waals surface area contributed by atoms with Crippen LogP contribution in [0.25, 0.3) is 0 Å². The third-order valence-corrected chi connectivity index (χ3v) is 4.33. The number of nitrogens with zero attached hydrogens (tertiary/aromatic N) is 3. The normalized spacial score (nSPS) is 17.3. The van der Waals surface area contributed by atoms with Gasteiger partial charge in [-0.15, -0.1) is 0 Å². The molecule has 2 aromatic rings. The molecule has 2 amide bonds. The maximum atomic E-state index is 12.5. The molecule has 132 valence electrons. The van der Waals surface area contributed by atoms with Crippen molar-refractivity contribution in [3.8, 4) is 5.75 Å². The van der Waals surface area contributed by atoms with Crippen LogP contribution >= 0.6 is 0 Å². The highest BCUT2D eigenvalue weighted by Crippen LogP contribution is 2.21. The number of nitrogens with two attached hydrogens (primary N) is 1. The van der Waals surface area contributed by atoms with Crippen molar-refractivity contribution in [2.45, 2.75) is 25.8 Å². The Kier molecular flexibility index (Phi) is 5.02. The molecule has 1 aromatic carbocycles. The number of benzene rings is 1. The zero-order valence-corrected chi connectivity index (χ0v) is 14.2. The first-order valence-corrected chi connectivity index (χ1v) is 8.34. The van der Waals surface area contributed by atoms with Crippen LogP contribution in [-0.4, -0.2) is 46.2 Å². The Morgan fingerprint density at radius 3 is 2.96 bits per heavy atom. The van der Waals surface area contributed by atoms with E-state index in [9.17, 15) is 9.59 Å². The van der Waals surface area contributed by atoms with Crippen LogP contribution in [0.2, 0.25) is 0 Å². The summed E-state index contributed by atoms with van der Waals surface area (Å²) in [4.78, 5) is 25.5. The molecule has 1 saturated heterocycles. The van der Waals surface area contributed by atoms with E-state index in [0.717, 1.165) is 24.9 Å². The molecule has 0 aliphatic carbocycles. The third-order valence-electron chi connectivity index (χ3n) is 4.33. The minimum Gasteiger partial charge on any atom is -0.484 e. The topological polar surface area (TPSA) is 90.4 Å². The van der Waals surface area contributed by atoms with E-state index in [4.69, 9.17) is 10.5 Å². The molecule has 0 spiro atoms. The maximum absolute atomic E-state index is 12.5. The van der Waals surface area contributed by atoms with Gasteiger partial charge in [0, 0.05) is 24.8 Å². The molecule has 0 bridgehead atoms. The second-order valence-electron chi connectivity index (χ2n) is 6.31. The van der Waals surface area contributed by atoms with Gasteiger partial charge in [-0.05, 0) is 43.5 Å². The van der Waals surface area contributed by atoms with E-state index in [1.165, 1.54) is 0 Å². The fraction of sp³-hybridized carbons (Fsp3) is 0.389. The van der Waals surface area contributed by atoms with Crippen LogP contribution in [0.1, 0.15) is 34.8 Å². The summed E-state index contributed by atoms with van der Waals surface area (Å²) < 4.78 is 7.47. The van der Waals surface area contributed by atoms with Crippen molar-refractivity contribution in [2.24, 2.45) is 5.73 Å². The Labute approximate surface area is 146 Å². The number of carbonyl (C=O) groups is 2. The molecule has 7 heteroatoms. The summed E-state index contributed by atoms with van der Waals surface area (Å²) in [5.74, 6) is -0.135. The molecule has 1 aliphatic rings. The average Bonchev–Trinajstić information content (AvgIpc) is 3.06. The Morgan fingerprint density at radius 2 is 2.24 bits per heavy atom. The fourth-order valence-corrected chi connectivity index (χ4v) is 3.01. The van der Waals surface area contributed by atoms with Gasteiger partial charge in [0.05, 0.1) is 12.2 Å². The first kappa shape index (κ1) is 17.0. The van der Waals surface area contributed by atoms with E-state index in [1.807, 2.05) is 28.9 Å². The lowest BCUT2D eigenvalue weighted by molar-refractivity contribution is -0.135. The van der Waals surface area contributed by atoms with Gasteiger partial charge < -0.3 is 15.4 Å². The molecule has 1 fully saturated rings. The number of hydrogen-bond donors (Lipinski definition) is 1. The number of carbonyl (C=O) groups excluding carboxylic acids is 2. The lowest BCUT2D eigenvalue weighted by atomic mass is 10.1. The van der Waals surface area contributed by atoms with Gasteiger partial charge in [-0.25, -0.2) is 0 Å². The van der Waals surface area contributed by atoms with E-state index < -0.39 is 5.91 Å². The van der Waals surface area contributed by atoms with Crippen LogP contribution < -0.4 is 10.5 Å². The van der Waals surface area contributed by atoms with Crippen LogP contribution in [-0.2, 0) is 4.79 Å². The number of primary amides is 1. The Bertz CT molecular complexity index is 771. The van der Waals surface area contributed by atoms with Crippen LogP contribution in [0.5, 0.6) is 5.75 Å². The largest absolute Gasteiger partial charge is 0.484 e. The highest BCUT2D eigenvalue weighted by molar-refractivity contribution is 5.93. The summed E-state index contributed by atoms with van der Waals surface area (Å²) in [5.41, 5.74) is 6.72. The number of rotatable bonds is 5. The molecule has 1 atom stereocenters. The molecule has 2 N–H and O–H groups in total. The minimum absolute atomic E-state index is 0.0624. The SMILES string of the molecule is Cc1cnn([C@H]2CCCN(C(=O)COc3cccc(C(N)=O)c3)C2)c1. The van der Waals surface area contributed by atoms with Gasteiger partial charge in [0.15, 0.2) is 6.61 Å². The van der Waals surface area contributed by atoms with Gasteiger partial charge in [0.25, 0.3) is 5.91 Å². The molecule has 7 nitrogen and oxygen atoms in total. The average molecular weight is 342 g/mol. The van der Waals surface area contributed by atoms with Crippen LogP contribution in [0.3, 0.4) is 0 Å². The zero-order chi connectivity index (χ0) is 17.8. The van der Waals surface area contributed by atoms with Crippen molar-refractivity contribution in [3.05, 3.63) is 47.8 Å². The van der Waals surface area contributed by atoms with Gasteiger partial charge >= 0.3 is 0 Å². The van der Waals surface area contributed by atoms with E-state index in [1.54, 1.807) is 24.3 Å². The van der Waals surface area contributed by atoms with Crippen molar-refractivity contribution < 1.29 is 14.3 Å². The molecular weight excluding hydrogens is 320 g/mol. The summed E-state index contributed by atoms with van der Waals surface area (Å²) in [6.07, 6.45) is 5.78. The van der Waals surface area contributed by atoms with E-state index >= 15 is 0 Å². The summed E-state index contributed by atoms with van der Waals surface area (Å²) in [6, 6.07) is 6.73. The Balaban J connectivity index is 1.57. The lowest BCUT2D eigenvalue weighted by Gasteiger charge is -2.32. The van der Waals surface area contributed by atoms with Crippen molar-refractivity contribution in [3.63, 3.8) is 0 Å². The van der Waals surface area contributed by atoms with Gasteiger partial charge in [0.2, 0.25) is 5.91 Å². The second-order valence-corrected chi connectivity index (χ2v) is 6.31. The maximum Gasteiger partial charge on any atom is 0.260 e. The molecule has 25 heavy (non-hydrogen) atoms. The third kappa shape index (κ3) is 4.17. The number of hydrogen-bond acceptors (Lipinski definition) is 4. The predicted molar refractivity (Wildman–Crippen MR) is 92.3 cm³/mol.